The Hall–Kier alpha value is -2.49. The molecule has 0 radical (unpaired) electrons. The molecule has 0 aliphatic carbocycles. The summed E-state index contributed by atoms with van der Waals surface area (Å²) in [5.74, 6) is -0.637. The second-order valence-corrected chi connectivity index (χ2v) is 10.3. The van der Waals surface area contributed by atoms with Crippen molar-refractivity contribution in [3.8, 4) is 5.75 Å². The van der Waals surface area contributed by atoms with Crippen LogP contribution in [0.2, 0.25) is 10.0 Å². The number of hydrogen-bond acceptors (Lipinski definition) is 5. The van der Waals surface area contributed by atoms with Crippen LogP contribution in [0.4, 0.5) is 5.69 Å². The van der Waals surface area contributed by atoms with E-state index in [2.05, 4.69) is 5.32 Å². The van der Waals surface area contributed by atoms with E-state index in [0.29, 0.717) is 18.0 Å². The van der Waals surface area contributed by atoms with E-state index >= 15 is 0 Å². The fraction of sp³-hybridized carbons (Fsp3) is 0.391. The van der Waals surface area contributed by atoms with Crippen LogP contribution in [0.15, 0.2) is 42.5 Å². The van der Waals surface area contributed by atoms with E-state index in [1.807, 2.05) is 0 Å². The number of methoxy groups -OCH3 is 1. The van der Waals surface area contributed by atoms with Gasteiger partial charge in [0, 0.05) is 23.1 Å². The van der Waals surface area contributed by atoms with Crippen LogP contribution >= 0.6 is 23.2 Å². The molecule has 186 valence electrons. The third-order valence-electron chi connectivity index (χ3n) is 5.09. The molecule has 0 saturated carbocycles. The molecule has 34 heavy (non-hydrogen) atoms. The van der Waals surface area contributed by atoms with Crippen molar-refractivity contribution >= 4 is 50.7 Å². The molecule has 2 aromatic rings. The van der Waals surface area contributed by atoms with Gasteiger partial charge >= 0.3 is 0 Å². The number of rotatable bonds is 11. The Bertz CT molecular complexity index is 1110. The lowest BCUT2D eigenvalue weighted by Crippen LogP contribution is -2.52. The number of anilines is 1. The first-order valence-corrected chi connectivity index (χ1v) is 13.2. The first kappa shape index (κ1) is 27.8. The molecule has 1 N–H and O–H groups in total. The molecule has 11 heteroatoms. The van der Waals surface area contributed by atoms with Gasteiger partial charge < -0.3 is 15.0 Å². The van der Waals surface area contributed by atoms with Crippen molar-refractivity contribution in [3.05, 3.63) is 58.1 Å². The van der Waals surface area contributed by atoms with Gasteiger partial charge in [0.25, 0.3) is 0 Å². The van der Waals surface area contributed by atoms with E-state index in [9.17, 15) is 18.0 Å². The lowest BCUT2D eigenvalue weighted by molar-refractivity contribution is -0.140. The van der Waals surface area contributed by atoms with Gasteiger partial charge in [-0.25, -0.2) is 8.42 Å². The van der Waals surface area contributed by atoms with Crippen LogP contribution in [0.5, 0.6) is 5.75 Å². The number of nitrogens with one attached hydrogen (secondary N) is 1. The largest absolute Gasteiger partial charge is 0.495 e. The Kier molecular flexibility index (Phi) is 10.0. The molecular formula is C23H29Cl2N3O5S. The summed E-state index contributed by atoms with van der Waals surface area (Å²) >= 11 is 12.1. The normalized spacial score (nSPS) is 12.1. The quantitative estimate of drug-likeness (QED) is 0.478. The maximum absolute atomic E-state index is 13.6. The SMILES string of the molecule is CCNC(=O)[C@@H](CC)N(Cc1ccc(Cl)cc1)C(=O)CN(c1cc(Cl)ccc1OC)S(C)(=O)=O. The summed E-state index contributed by atoms with van der Waals surface area (Å²) in [6.07, 6.45) is 1.33. The number of benzene rings is 2. The molecular weight excluding hydrogens is 501 g/mol. The summed E-state index contributed by atoms with van der Waals surface area (Å²) in [6, 6.07) is 10.6. The lowest BCUT2D eigenvalue weighted by Gasteiger charge is -2.33. The molecule has 2 rings (SSSR count). The number of sulfonamides is 1. The lowest BCUT2D eigenvalue weighted by atomic mass is 10.1. The molecule has 1 atom stereocenters. The fourth-order valence-corrected chi connectivity index (χ4v) is 4.59. The summed E-state index contributed by atoms with van der Waals surface area (Å²) in [7, 11) is -2.52. The van der Waals surface area contributed by atoms with Crippen LogP contribution < -0.4 is 14.4 Å². The minimum atomic E-state index is -3.91. The maximum Gasteiger partial charge on any atom is 0.244 e. The van der Waals surface area contributed by atoms with Gasteiger partial charge in [-0.05, 0) is 49.2 Å². The summed E-state index contributed by atoms with van der Waals surface area (Å²) in [6.45, 7) is 3.52. The van der Waals surface area contributed by atoms with Gasteiger partial charge in [-0.15, -0.1) is 0 Å². The molecule has 2 aromatic carbocycles. The third-order valence-corrected chi connectivity index (χ3v) is 6.71. The minimum absolute atomic E-state index is 0.0932. The van der Waals surface area contributed by atoms with E-state index in [-0.39, 0.29) is 28.9 Å². The van der Waals surface area contributed by atoms with Crippen molar-refractivity contribution in [1.29, 1.82) is 0 Å². The van der Waals surface area contributed by atoms with E-state index in [0.717, 1.165) is 16.1 Å². The highest BCUT2D eigenvalue weighted by atomic mass is 35.5. The second-order valence-electron chi connectivity index (χ2n) is 7.55. The summed E-state index contributed by atoms with van der Waals surface area (Å²) in [5, 5.41) is 3.56. The topological polar surface area (TPSA) is 96.0 Å². The number of nitrogens with zero attached hydrogens (tertiary/aromatic N) is 2. The summed E-state index contributed by atoms with van der Waals surface area (Å²) in [4.78, 5) is 27.7. The zero-order chi connectivity index (χ0) is 25.5. The van der Waals surface area contributed by atoms with Gasteiger partial charge in [0.05, 0.1) is 19.1 Å². The van der Waals surface area contributed by atoms with E-state index < -0.39 is 28.5 Å². The van der Waals surface area contributed by atoms with Gasteiger partial charge in [0.2, 0.25) is 21.8 Å². The molecule has 0 aromatic heterocycles. The molecule has 0 aliphatic heterocycles. The average Bonchev–Trinajstić information content (AvgIpc) is 2.78. The number of ether oxygens (including phenoxy) is 1. The van der Waals surface area contributed by atoms with Gasteiger partial charge in [0.15, 0.2) is 0 Å². The van der Waals surface area contributed by atoms with E-state index in [4.69, 9.17) is 27.9 Å². The Balaban J connectivity index is 2.49. The molecule has 0 saturated heterocycles. The highest BCUT2D eigenvalue weighted by Gasteiger charge is 2.32. The average molecular weight is 530 g/mol. The molecule has 0 unspecified atom stereocenters. The van der Waals surface area contributed by atoms with Gasteiger partial charge in [-0.2, -0.15) is 0 Å². The first-order chi connectivity index (χ1) is 16.0. The molecule has 0 aliphatic rings. The number of carbonyl (C=O) groups excluding carboxylic acids is 2. The van der Waals surface area contributed by atoms with Gasteiger partial charge in [-0.1, -0.05) is 42.3 Å². The Morgan fingerprint density at radius 3 is 2.21 bits per heavy atom. The van der Waals surface area contributed by atoms with Crippen LogP contribution in [-0.4, -0.2) is 57.6 Å². The first-order valence-electron chi connectivity index (χ1n) is 10.6. The van der Waals surface area contributed by atoms with Crippen molar-refractivity contribution in [2.75, 3.05) is 30.8 Å². The number of hydrogen-bond donors (Lipinski definition) is 1. The van der Waals surface area contributed by atoms with Crippen LogP contribution in [0.1, 0.15) is 25.8 Å². The highest BCUT2D eigenvalue weighted by molar-refractivity contribution is 7.92. The van der Waals surface area contributed by atoms with Crippen molar-refractivity contribution in [3.63, 3.8) is 0 Å². The van der Waals surface area contributed by atoms with Crippen LogP contribution in [0.25, 0.3) is 0 Å². The number of carbonyl (C=O) groups is 2. The fourth-order valence-electron chi connectivity index (χ4n) is 3.45. The minimum Gasteiger partial charge on any atom is -0.495 e. The Morgan fingerprint density at radius 2 is 1.68 bits per heavy atom. The smallest absolute Gasteiger partial charge is 0.244 e. The Morgan fingerprint density at radius 1 is 1.06 bits per heavy atom. The van der Waals surface area contributed by atoms with Gasteiger partial charge in [0.1, 0.15) is 18.3 Å². The standard InChI is InChI=1S/C23H29Cl2N3O5S/c1-5-19(23(30)26-6-2)27(14-16-7-9-17(24)10-8-16)22(29)15-28(34(4,31)32)20-13-18(25)11-12-21(20)33-3/h7-13,19H,5-6,14-15H2,1-4H3,(H,26,30)/t19-/m1/s1. The third kappa shape index (κ3) is 7.25. The highest BCUT2D eigenvalue weighted by Crippen LogP contribution is 2.33. The van der Waals surface area contributed by atoms with E-state index in [1.165, 1.54) is 24.1 Å². The molecule has 8 nitrogen and oxygen atoms in total. The molecule has 0 heterocycles. The predicted molar refractivity (Wildman–Crippen MR) is 135 cm³/mol. The van der Waals surface area contributed by atoms with E-state index in [1.54, 1.807) is 44.2 Å². The van der Waals surface area contributed by atoms with Crippen molar-refractivity contribution < 1.29 is 22.7 Å². The zero-order valence-electron chi connectivity index (χ0n) is 19.5. The number of likely N-dealkylation sites (N-methyl/N-ethyl adjacent to an activating group) is 1. The van der Waals surface area contributed by atoms with Crippen LogP contribution in [-0.2, 0) is 26.2 Å². The monoisotopic (exact) mass is 529 g/mol. The van der Waals surface area contributed by atoms with Crippen LogP contribution in [0, 0.1) is 0 Å². The van der Waals surface area contributed by atoms with Gasteiger partial charge in [-0.3, -0.25) is 13.9 Å². The second kappa shape index (κ2) is 12.3. The van der Waals surface area contributed by atoms with Crippen molar-refractivity contribution in [1.82, 2.24) is 10.2 Å². The zero-order valence-corrected chi connectivity index (χ0v) is 21.9. The summed E-state index contributed by atoms with van der Waals surface area (Å²) in [5.41, 5.74) is 0.870. The van der Waals surface area contributed by atoms with Crippen molar-refractivity contribution in [2.24, 2.45) is 0 Å². The number of halogens is 2. The molecule has 0 bridgehead atoms. The molecule has 0 fully saturated rings. The van der Waals surface area contributed by atoms with Crippen LogP contribution in [0.3, 0.4) is 0 Å². The summed E-state index contributed by atoms with van der Waals surface area (Å²) < 4.78 is 31.6. The predicted octanol–water partition coefficient (Wildman–Crippen LogP) is 3.71. The molecule has 2 amide bonds. The Labute approximate surface area is 210 Å². The number of amides is 2. The van der Waals surface area contributed by atoms with Crippen molar-refractivity contribution in [2.45, 2.75) is 32.9 Å². The maximum atomic E-state index is 13.6. The molecule has 0 spiro atoms.